The molecule has 0 amide bonds. The van der Waals surface area contributed by atoms with Crippen molar-refractivity contribution in [1.29, 1.82) is 0 Å². The Morgan fingerprint density at radius 2 is 2.12 bits per heavy atom. The van der Waals surface area contributed by atoms with Crippen LogP contribution in [-0.2, 0) is 19.4 Å². The molecule has 1 heterocycles. The Kier molecular flexibility index (Phi) is 6.00. The van der Waals surface area contributed by atoms with Crippen LogP contribution in [0.25, 0.3) is 0 Å². The Bertz CT molecular complexity index is 347. The monoisotopic (exact) mass is 257 g/mol. The van der Waals surface area contributed by atoms with Crippen molar-refractivity contribution < 1.29 is 0 Å². The van der Waals surface area contributed by atoms with E-state index in [-0.39, 0.29) is 0 Å². The molecule has 0 saturated heterocycles. The molecule has 17 heavy (non-hydrogen) atoms. The van der Waals surface area contributed by atoms with Gasteiger partial charge >= 0.3 is 0 Å². The highest BCUT2D eigenvalue weighted by molar-refractivity contribution is 6.31. The summed E-state index contributed by atoms with van der Waals surface area (Å²) in [4.78, 5) is 0. The van der Waals surface area contributed by atoms with E-state index in [0.29, 0.717) is 5.92 Å². The van der Waals surface area contributed by atoms with E-state index in [1.165, 1.54) is 5.69 Å². The zero-order valence-electron chi connectivity index (χ0n) is 11.4. The largest absolute Gasteiger partial charge is 0.319 e. The van der Waals surface area contributed by atoms with Crippen molar-refractivity contribution in [2.24, 2.45) is 5.92 Å². The number of nitrogens with one attached hydrogen (secondary N) is 1. The first-order chi connectivity index (χ1) is 8.13. The van der Waals surface area contributed by atoms with Gasteiger partial charge in [-0.3, -0.25) is 4.68 Å². The maximum Gasteiger partial charge on any atom is 0.0849 e. The van der Waals surface area contributed by atoms with Crippen LogP contribution in [0.3, 0.4) is 0 Å². The SMILES string of the molecule is CCc1nn(CC)c(CCC(C)CNC)c1Cl. The van der Waals surface area contributed by atoms with E-state index in [2.05, 4.69) is 31.2 Å². The van der Waals surface area contributed by atoms with Gasteiger partial charge in [-0.2, -0.15) is 5.10 Å². The lowest BCUT2D eigenvalue weighted by atomic mass is 10.0. The van der Waals surface area contributed by atoms with Crippen molar-refractivity contribution in [2.75, 3.05) is 13.6 Å². The van der Waals surface area contributed by atoms with Crippen molar-refractivity contribution >= 4 is 11.6 Å². The third kappa shape index (κ3) is 3.71. The van der Waals surface area contributed by atoms with Gasteiger partial charge in [0, 0.05) is 6.54 Å². The minimum Gasteiger partial charge on any atom is -0.319 e. The number of halogens is 1. The van der Waals surface area contributed by atoms with E-state index in [4.69, 9.17) is 11.6 Å². The van der Waals surface area contributed by atoms with E-state index >= 15 is 0 Å². The molecule has 1 atom stereocenters. The van der Waals surface area contributed by atoms with E-state index in [1.54, 1.807) is 0 Å². The number of rotatable bonds is 7. The molecule has 4 heteroatoms. The van der Waals surface area contributed by atoms with Crippen molar-refractivity contribution in [2.45, 2.75) is 46.6 Å². The third-order valence-electron chi connectivity index (χ3n) is 3.12. The Morgan fingerprint density at radius 1 is 1.41 bits per heavy atom. The molecule has 1 aromatic heterocycles. The van der Waals surface area contributed by atoms with Crippen molar-refractivity contribution in [1.82, 2.24) is 15.1 Å². The highest BCUT2D eigenvalue weighted by atomic mass is 35.5. The third-order valence-corrected chi connectivity index (χ3v) is 3.56. The zero-order chi connectivity index (χ0) is 12.8. The number of aryl methyl sites for hydroxylation is 2. The second-order valence-electron chi connectivity index (χ2n) is 4.58. The minimum atomic E-state index is 0.668. The Hall–Kier alpha value is -0.540. The van der Waals surface area contributed by atoms with Gasteiger partial charge in [0.1, 0.15) is 0 Å². The summed E-state index contributed by atoms with van der Waals surface area (Å²) in [6.07, 6.45) is 3.07. The van der Waals surface area contributed by atoms with Gasteiger partial charge in [-0.05, 0) is 45.7 Å². The quantitative estimate of drug-likeness (QED) is 0.814. The lowest BCUT2D eigenvalue weighted by Gasteiger charge is -2.11. The van der Waals surface area contributed by atoms with Crippen LogP contribution in [0.15, 0.2) is 0 Å². The van der Waals surface area contributed by atoms with E-state index in [0.717, 1.165) is 43.1 Å². The minimum absolute atomic E-state index is 0.668. The molecule has 3 nitrogen and oxygen atoms in total. The molecule has 1 unspecified atom stereocenters. The fraction of sp³-hybridized carbons (Fsp3) is 0.769. The van der Waals surface area contributed by atoms with Gasteiger partial charge in [-0.15, -0.1) is 0 Å². The molecule has 0 aliphatic carbocycles. The molecule has 1 N–H and O–H groups in total. The summed E-state index contributed by atoms with van der Waals surface area (Å²) in [6.45, 7) is 8.43. The fourth-order valence-corrected chi connectivity index (χ4v) is 2.45. The zero-order valence-corrected chi connectivity index (χ0v) is 12.1. The topological polar surface area (TPSA) is 29.9 Å². The summed E-state index contributed by atoms with van der Waals surface area (Å²) in [5.41, 5.74) is 2.23. The molecular weight excluding hydrogens is 234 g/mol. The molecule has 0 saturated carbocycles. The van der Waals surface area contributed by atoms with Gasteiger partial charge in [0.25, 0.3) is 0 Å². The van der Waals surface area contributed by atoms with Gasteiger partial charge in [0.05, 0.1) is 16.4 Å². The first-order valence-electron chi connectivity index (χ1n) is 6.52. The molecule has 0 fully saturated rings. The summed E-state index contributed by atoms with van der Waals surface area (Å²) >= 11 is 6.37. The first-order valence-corrected chi connectivity index (χ1v) is 6.90. The predicted molar refractivity (Wildman–Crippen MR) is 73.7 cm³/mol. The average molecular weight is 258 g/mol. The fourth-order valence-electron chi connectivity index (χ4n) is 2.09. The van der Waals surface area contributed by atoms with E-state index < -0.39 is 0 Å². The second-order valence-corrected chi connectivity index (χ2v) is 4.96. The van der Waals surface area contributed by atoms with Crippen LogP contribution in [0.2, 0.25) is 5.02 Å². The van der Waals surface area contributed by atoms with Crippen LogP contribution in [-0.4, -0.2) is 23.4 Å². The van der Waals surface area contributed by atoms with Gasteiger partial charge in [0.2, 0.25) is 0 Å². The van der Waals surface area contributed by atoms with E-state index in [1.807, 2.05) is 11.7 Å². The summed E-state index contributed by atoms with van der Waals surface area (Å²) in [5.74, 6) is 0.668. The van der Waals surface area contributed by atoms with Crippen LogP contribution >= 0.6 is 11.6 Å². The lowest BCUT2D eigenvalue weighted by Crippen LogP contribution is -2.17. The number of hydrogen-bond donors (Lipinski definition) is 1. The van der Waals surface area contributed by atoms with Crippen molar-refractivity contribution in [3.05, 3.63) is 16.4 Å². The Morgan fingerprint density at radius 3 is 2.65 bits per heavy atom. The second kappa shape index (κ2) is 7.02. The molecule has 0 spiro atoms. The average Bonchev–Trinajstić information content (AvgIpc) is 2.63. The van der Waals surface area contributed by atoms with Crippen LogP contribution in [0, 0.1) is 5.92 Å². The van der Waals surface area contributed by atoms with E-state index in [9.17, 15) is 0 Å². The summed E-state index contributed by atoms with van der Waals surface area (Å²) in [5, 5.41) is 8.63. The molecule has 0 aliphatic heterocycles. The Balaban J connectivity index is 2.72. The molecule has 0 aliphatic rings. The smallest absolute Gasteiger partial charge is 0.0849 e. The molecule has 1 rings (SSSR count). The van der Waals surface area contributed by atoms with Crippen LogP contribution in [0.4, 0.5) is 0 Å². The maximum absolute atomic E-state index is 6.37. The lowest BCUT2D eigenvalue weighted by molar-refractivity contribution is 0.490. The highest BCUT2D eigenvalue weighted by Crippen LogP contribution is 2.23. The van der Waals surface area contributed by atoms with Crippen LogP contribution in [0.5, 0.6) is 0 Å². The molecule has 0 aromatic carbocycles. The van der Waals surface area contributed by atoms with Crippen molar-refractivity contribution in [3.63, 3.8) is 0 Å². The normalized spacial score (nSPS) is 13.0. The number of hydrogen-bond acceptors (Lipinski definition) is 2. The molecule has 1 aromatic rings. The van der Waals surface area contributed by atoms with Gasteiger partial charge < -0.3 is 5.32 Å². The molecule has 0 radical (unpaired) electrons. The van der Waals surface area contributed by atoms with Gasteiger partial charge in [-0.1, -0.05) is 25.4 Å². The molecule has 98 valence electrons. The molecular formula is C13H24ClN3. The summed E-state index contributed by atoms with van der Waals surface area (Å²) in [7, 11) is 2.00. The van der Waals surface area contributed by atoms with Crippen molar-refractivity contribution in [3.8, 4) is 0 Å². The Labute approximate surface area is 110 Å². The number of aromatic nitrogens is 2. The standard InChI is InChI=1S/C13H24ClN3/c1-5-11-13(14)12(17(6-2)16-11)8-7-10(3)9-15-4/h10,15H,5-9H2,1-4H3. The molecule has 0 bridgehead atoms. The van der Waals surface area contributed by atoms with Crippen LogP contribution in [0.1, 0.15) is 38.6 Å². The summed E-state index contributed by atoms with van der Waals surface area (Å²) < 4.78 is 2.05. The summed E-state index contributed by atoms with van der Waals surface area (Å²) in [6, 6.07) is 0. The van der Waals surface area contributed by atoms with Crippen LogP contribution < -0.4 is 5.32 Å². The number of nitrogens with zero attached hydrogens (tertiary/aromatic N) is 2. The highest BCUT2D eigenvalue weighted by Gasteiger charge is 2.14. The maximum atomic E-state index is 6.37. The first kappa shape index (κ1) is 14.5. The predicted octanol–water partition coefficient (Wildman–Crippen LogP) is 2.91. The van der Waals surface area contributed by atoms with Gasteiger partial charge in [-0.25, -0.2) is 0 Å². The van der Waals surface area contributed by atoms with Gasteiger partial charge in [0.15, 0.2) is 0 Å².